The summed E-state index contributed by atoms with van der Waals surface area (Å²) in [6.45, 7) is 6.86. The van der Waals surface area contributed by atoms with Gasteiger partial charge < -0.3 is 11.1 Å². The molecule has 20 heavy (non-hydrogen) atoms. The molecule has 0 saturated carbocycles. The van der Waals surface area contributed by atoms with Gasteiger partial charge in [-0.3, -0.25) is 4.79 Å². The largest absolute Gasteiger partial charge is 0.352 e. The van der Waals surface area contributed by atoms with Crippen LogP contribution in [0.4, 0.5) is 0 Å². The van der Waals surface area contributed by atoms with Crippen molar-refractivity contribution in [2.75, 3.05) is 6.54 Å². The van der Waals surface area contributed by atoms with E-state index in [-0.39, 0.29) is 17.9 Å². The molecular weight excluding hydrogens is 248 g/mol. The number of rotatable bonds is 8. The number of nitrogens with one attached hydrogen (secondary N) is 1. The van der Waals surface area contributed by atoms with Crippen LogP contribution in [0.15, 0.2) is 24.3 Å². The normalized spacial score (nSPS) is 13.8. The number of benzene rings is 1. The fraction of sp³-hybridized carbons (Fsp3) is 0.588. The fourth-order valence-electron chi connectivity index (χ4n) is 2.51. The van der Waals surface area contributed by atoms with E-state index in [4.69, 9.17) is 5.73 Å². The number of amides is 1. The maximum atomic E-state index is 12.1. The van der Waals surface area contributed by atoms with Crippen molar-refractivity contribution < 1.29 is 4.79 Å². The van der Waals surface area contributed by atoms with Crippen molar-refractivity contribution in [2.24, 2.45) is 5.73 Å². The number of aryl methyl sites for hydroxylation is 1. The summed E-state index contributed by atoms with van der Waals surface area (Å²) in [5.41, 5.74) is 8.21. The van der Waals surface area contributed by atoms with Gasteiger partial charge in [0.2, 0.25) is 5.91 Å². The van der Waals surface area contributed by atoms with Gasteiger partial charge in [0.05, 0.1) is 0 Å². The predicted molar refractivity (Wildman–Crippen MR) is 84.7 cm³/mol. The van der Waals surface area contributed by atoms with E-state index in [0.717, 1.165) is 19.3 Å². The molecule has 1 aromatic carbocycles. The van der Waals surface area contributed by atoms with Gasteiger partial charge in [0.15, 0.2) is 0 Å². The standard InChI is InChI=1S/C17H28N2O/c1-4-5-9-15(12-18)19-17(20)11-14(3)16-10-7-6-8-13(16)2/h6-8,10,14-15H,4-5,9,11-12,18H2,1-3H3,(H,19,20). The van der Waals surface area contributed by atoms with Gasteiger partial charge in [-0.15, -0.1) is 0 Å². The topological polar surface area (TPSA) is 55.1 Å². The molecule has 3 N–H and O–H groups in total. The summed E-state index contributed by atoms with van der Waals surface area (Å²) in [5.74, 6) is 0.341. The lowest BCUT2D eigenvalue weighted by atomic mass is 9.93. The van der Waals surface area contributed by atoms with Crippen molar-refractivity contribution in [1.29, 1.82) is 0 Å². The van der Waals surface area contributed by atoms with Gasteiger partial charge in [0.25, 0.3) is 0 Å². The average molecular weight is 276 g/mol. The Morgan fingerprint density at radius 3 is 2.65 bits per heavy atom. The first kappa shape index (κ1) is 16.7. The quantitative estimate of drug-likeness (QED) is 0.766. The molecule has 0 aliphatic rings. The lowest BCUT2D eigenvalue weighted by Crippen LogP contribution is -2.40. The van der Waals surface area contributed by atoms with E-state index in [1.807, 2.05) is 12.1 Å². The molecule has 2 unspecified atom stereocenters. The molecule has 0 heterocycles. The molecule has 1 aromatic rings. The van der Waals surface area contributed by atoms with E-state index in [1.165, 1.54) is 11.1 Å². The molecule has 0 spiro atoms. The summed E-state index contributed by atoms with van der Waals surface area (Å²) in [6, 6.07) is 8.37. The minimum atomic E-state index is 0.104. The summed E-state index contributed by atoms with van der Waals surface area (Å²) in [5, 5.41) is 3.06. The smallest absolute Gasteiger partial charge is 0.220 e. The zero-order chi connectivity index (χ0) is 15.0. The monoisotopic (exact) mass is 276 g/mol. The Morgan fingerprint density at radius 2 is 2.05 bits per heavy atom. The number of hydrogen-bond acceptors (Lipinski definition) is 2. The minimum absolute atomic E-state index is 0.104. The lowest BCUT2D eigenvalue weighted by molar-refractivity contribution is -0.122. The number of unbranched alkanes of at least 4 members (excludes halogenated alkanes) is 1. The number of nitrogens with two attached hydrogens (primary N) is 1. The predicted octanol–water partition coefficient (Wildman–Crippen LogP) is 3.12. The Bertz CT molecular complexity index is 417. The van der Waals surface area contributed by atoms with Crippen LogP contribution < -0.4 is 11.1 Å². The minimum Gasteiger partial charge on any atom is -0.352 e. The summed E-state index contributed by atoms with van der Waals surface area (Å²) in [7, 11) is 0. The fourth-order valence-corrected chi connectivity index (χ4v) is 2.51. The van der Waals surface area contributed by atoms with Crippen LogP contribution in [0.5, 0.6) is 0 Å². The zero-order valence-electron chi connectivity index (χ0n) is 13.0. The Hall–Kier alpha value is -1.35. The highest BCUT2D eigenvalue weighted by Crippen LogP contribution is 2.22. The Balaban J connectivity index is 2.51. The molecule has 0 aromatic heterocycles. The highest BCUT2D eigenvalue weighted by atomic mass is 16.1. The van der Waals surface area contributed by atoms with E-state index >= 15 is 0 Å². The highest BCUT2D eigenvalue weighted by Gasteiger charge is 2.15. The van der Waals surface area contributed by atoms with E-state index in [1.54, 1.807) is 0 Å². The van der Waals surface area contributed by atoms with E-state index in [0.29, 0.717) is 13.0 Å². The van der Waals surface area contributed by atoms with Crippen molar-refractivity contribution in [2.45, 2.75) is 58.4 Å². The second-order valence-electron chi connectivity index (χ2n) is 5.60. The Labute approximate surface area is 122 Å². The van der Waals surface area contributed by atoms with E-state index in [2.05, 4.69) is 38.2 Å². The van der Waals surface area contributed by atoms with Crippen molar-refractivity contribution in [1.82, 2.24) is 5.32 Å². The Kier molecular flexibility index (Phi) is 7.31. The molecule has 0 bridgehead atoms. The average Bonchev–Trinajstić information content (AvgIpc) is 2.43. The van der Waals surface area contributed by atoms with Crippen LogP contribution in [-0.2, 0) is 4.79 Å². The summed E-state index contributed by atoms with van der Waals surface area (Å²) in [6.07, 6.45) is 3.73. The molecule has 112 valence electrons. The third-order valence-electron chi connectivity index (χ3n) is 3.77. The van der Waals surface area contributed by atoms with E-state index in [9.17, 15) is 4.79 Å². The molecule has 3 nitrogen and oxygen atoms in total. The molecule has 0 radical (unpaired) electrons. The SMILES string of the molecule is CCCCC(CN)NC(=O)CC(C)c1ccccc1C. The molecule has 0 aliphatic heterocycles. The van der Waals surface area contributed by atoms with E-state index < -0.39 is 0 Å². The van der Waals surface area contributed by atoms with Gasteiger partial charge in [0, 0.05) is 19.0 Å². The number of carbonyl (C=O) groups is 1. The van der Waals surface area contributed by atoms with Crippen LogP contribution in [-0.4, -0.2) is 18.5 Å². The van der Waals surface area contributed by atoms with Crippen LogP contribution in [0, 0.1) is 6.92 Å². The van der Waals surface area contributed by atoms with Gasteiger partial charge in [-0.25, -0.2) is 0 Å². The van der Waals surface area contributed by atoms with Crippen LogP contribution in [0.2, 0.25) is 0 Å². The highest BCUT2D eigenvalue weighted by molar-refractivity contribution is 5.77. The van der Waals surface area contributed by atoms with Gasteiger partial charge in [-0.05, 0) is 30.4 Å². The molecule has 2 atom stereocenters. The molecule has 1 amide bonds. The van der Waals surface area contributed by atoms with Crippen LogP contribution in [0.25, 0.3) is 0 Å². The zero-order valence-corrected chi connectivity index (χ0v) is 13.0. The second-order valence-corrected chi connectivity index (χ2v) is 5.60. The second kappa shape index (κ2) is 8.75. The number of carbonyl (C=O) groups excluding carboxylic acids is 1. The van der Waals surface area contributed by atoms with Crippen LogP contribution >= 0.6 is 0 Å². The van der Waals surface area contributed by atoms with Gasteiger partial charge >= 0.3 is 0 Å². The first-order valence-corrected chi connectivity index (χ1v) is 7.63. The van der Waals surface area contributed by atoms with Crippen LogP contribution in [0.3, 0.4) is 0 Å². The van der Waals surface area contributed by atoms with Crippen molar-refractivity contribution in [3.8, 4) is 0 Å². The molecule has 0 saturated heterocycles. The first-order valence-electron chi connectivity index (χ1n) is 7.63. The Morgan fingerprint density at radius 1 is 1.35 bits per heavy atom. The lowest BCUT2D eigenvalue weighted by Gasteiger charge is -2.19. The third kappa shape index (κ3) is 5.33. The molecule has 0 aliphatic carbocycles. The van der Waals surface area contributed by atoms with Crippen molar-refractivity contribution in [3.63, 3.8) is 0 Å². The first-order chi connectivity index (χ1) is 9.58. The molecular formula is C17H28N2O. The maximum Gasteiger partial charge on any atom is 0.220 e. The summed E-state index contributed by atoms with van der Waals surface area (Å²) >= 11 is 0. The summed E-state index contributed by atoms with van der Waals surface area (Å²) < 4.78 is 0. The molecule has 1 rings (SSSR count). The molecule has 3 heteroatoms. The van der Waals surface area contributed by atoms with Crippen LogP contribution in [0.1, 0.15) is 56.6 Å². The maximum absolute atomic E-state index is 12.1. The van der Waals surface area contributed by atoms with Crippen molar-refractivity contribution >= 4 is 5.91 Å². The molecule has 0 fully saturated rings. The van der Waals surface area contributed by atoms with Gasteiger partial charge in [-0.1, -0.05) is 51.0 Å². The van der Waals surface area contributed by atoms with Crippen molar-refractivity contribution in [3.05, 3.63) is 35.4 Å². The van der Waals surface area contributed by atoms with Gasteiger partial charge in [-0.2, -0.15) is 0 Å². The third-order valence-corrected chi connectivity index (χ3v) is 3.77. The van der Waals surface area contributed by atoms with Gasteiger partial charge in [0.1, 0.15) is 0 Å². The summed E-state index contributed by atoms with van der Waals surface area (Å²) in [4.78, 5) is 12.1. The number of hydrogen-bond donors (Lipinski definition) is 2.